The molecule has 0 aromatic heterocycles. The number of nitrogens with zero attached hydrogens (tertiary/aromatic N) is 2. The van der Waals surface area contributed by atoms with Crippen LogP contribution in [-0.4, -0.2) is 48.4 Å². The molecule has 6 heteroatoms. The van der Waals surface area contributed by atoms with Crippen LogP contribution in [0.4, 0.5) is 0 Å². The van der Waals surface area contributed by atoms with Gasteiger partial charge in [-0.1, -0.05) is 12.1 Å². The van der Waals surface area contributed by atoms with Gasteiger partial charge in [-0.05, 0) is 66.9 Å². The van der Waals surface area contributed by atoms with Crippen LogP contribution in [0.25, 0.3) is 0 Å². The van der Waals surface area contributed by atoms with E-state index in [1.54, 1.807) is 25.5 Å². The van der Waals surface area contributed by atoms with Gasteiger partial charge in [0, 0.05) is 18.7 Å². The number of aliphatic hydroxyl groups is 1. The van der Waals surface area contributed by atoms with Crippen LogP contribution < -0.4 is 10.2 Å². The van der Waals surface area contributed by atoms with Crippen LogP contribution in [0, 0.1) is 0 Å². The molecule has 0 bridgehead atoms. The van der Waals surface area contributed by atoms with Crippen molar-refractivity contribution in [1.82, 2.24) is 10.3 Å². The van der Waals surface area contributed by atoms with E-state index >= 15 is 0 Å². The number of ether oxygens (including phenoxy) is 1. The van der Waals surface area contributed by atoms with Crippen molar-refractivity contribution in [3.05, 3.63) is 65.2 Å². The van der Waals surface area contributed by atoms with Crippen LogP contribution in [0.2, 0.25) is 0 Å². The van der Waals surface area contributed by atoms with Gasteiger partial charge in [0.2, 0.25) is 0 Å². The zero-order valence-electron chi connectivity index (χ0n) is 15.5. The molecule has 0 aliphatic carbocycles. The van der Waals surface area contributed by atoms with Crippen molar-refractivity contribution < 1.29 is 14.6 Å². The Bertz CT molecular complexity index is 772. The van der Waals surface area contributed by atoms with Gasteiger partial charge in [-0.15, -0.1) is 0 Å². The van der Waals surface area contributed by atoms with E-state index in [9.17, 15) is 9.90 Å². The van der Waals surface area contributed by atoms with Crippen LogP contribution in [0.3, 0.4) is 0 Å². The molecule has 27 heavy (non-hydrogen) atoms. The summed E-state index contributed by atoms with van der Waals surface area (Å²) >= 11 is 0. The molecule has 1 saturated heterocycles. The monoisotopic (exact) mass is 367 g/mol. The van der Waals surface area contributed by atoms with E-state index in [0.29, 0.717) is 12.1 Å². The number of likely N-dealkylation sites (tertiary alicyclic amines) is 1. The molecular weight excluding hydrogens is 342 g/mol. The number of rotatable bonds is 6. The lowest BCUT2D eigenvalue weighted by molar-refractivity contribution is 0.0668. The summed E-state index contributed by atoms with van der Waals surface area (Å²) in [7, 11) is 1.62. The van der Waals surface area contributed by atoms with Gasteiger partial charge >= 0.3 is 0 Å². The Balaban J connectivity index is 1.51. The van der Waals surface area contributed by atoms with E-state index < -0.39 is 0 Å². The van der Waals surface area contributed by atoms with Crippen molar-refractivity contribution in [2.75, 3.05) is 20.2 Å². The van der Waals surface area contributed by atoms with E-state index in [1.807, 2.05) is 36.4 Å². The van der Waals surface area contributed by atoms with Crippen LogP contribution in [0.15, 0.2) is 53.6 Å². The number of aliphatic hydroxyl groups excluding tert-OH is 1. The molecule has 142 valence electrons. The fourth-order valence-electron chi connectivity index (χ4n) is 3.11. The highest BCUT2D eigenvalue weighted by Gasteiger charge is 2.17. The maximum absolute atomic E-state index is 12.2. The number of methoxy groups -OCH3 is 1. The van der Waals surface area contributed by atoms with E-state index in [-0.39, 0.29) is 12.0 Å². The molecule has 6 nitrogen and oxygen atoms in total. The normalized spacial score (nSPS) is 17.8. The SMILES string of the molecule is COc1ccc(C=NNC(=O)c2ccc(CN3CCCC(O)C3)cc2)cc1. The molecule has 1 amide bonds. The lowest BCUT2D eigenvalue weighted by Crippen LogP contribution is -2.37. The lowest BCUT2D eigenvalue weighted by Gasteiger charge is -2.29. The Hall–Kier alpha value is -2.70. The van der Waals surface area contributed by atoms with Gasteiger partial charge in [0.1, 0.15) is 5.75 Å². The molecule has 3 rings (SSSR count). The molecule has 0 saturated carbocycles. The summed E-state index contributed by atoms with van der Waals surface area (Å²) < 4.78 is 5.10. The van der Waals surface area contributed by atoms with Crippen LogP contribution in [-0.2, 0) is 6.54 Å². The zero-order valence-corrected chi connectivity index (χ0v) is 15.5. The minimum atomic E-state index is -0.250. The van der Waals surface area contributed by atoms with Gasteiger partial charge in [-0.25, -0.2) is 5.43 Å². The topological polar surface area (TPSA) is 74.2 Å². The summed E-state index contributed by atoms with van der Waals surface area (Å²) in [5.41, 5.74) is 5.10. The average Bonchev–Trinajstić information content (AvgIpc) is 2.69. The highest BCUT2D eigenvalue weighted by molar-refractivity contribution is 5.94. The number of hydrogen-bond acceptors (Lipinski definition) is 5. The molecule has 1 aliphatic rings. The first-order chi connectivity index (χ1) is 13.1. The van der Waals surface area contributed by atoms with Crippen LogP contribution in [0.5, 0.6) is 5.75 Å². The molecule has 2 aromatic carbocycles. The first-order valence-electron chi connectivity index (χ1n) is 9.11. The number of benzene rings is 2. The van der Waals surface area contributed by atoms with E-state index in [0.717, 1.165) is 42.8 Å². The Morgan fingerprint density at radius 1 is 1.26 bits per heavy atom. The first kappa shape index (κ1) is 19.1. The summed E-state index contributed by atoms with van der Waals surface area (Å²) in [6.07, 6.45) is 3.26. The second-order valence-electron chi connectivity index (χ2n) is 6.70. The Kier molecular flexibility index (Phi) is 6.57. The van der Waals surface area contributed by atoms with Crippen molar-refractivity contribution in [2.24, 2.45) is 5.10 Å². The van der Waals surface area contributed by atoms with Gasteiger partial charge < -0.3 is 9.84 Å². The number of hydrogen-bond donors (Lipinski definition) is 2. The molecule has 1 fully saturated rings. The standard InChI is InChI=1S/C21H25N3O3/c1-27-20-10-6-16(7-11-20)13-22-23-21(26)18-8-4-17(5-9-18)14-24-12-2-3-19(25)15-24/h4-11,13,19,25H,2-3,12,14-15H2,1H3,(H,23,26). The largest absolute Gasteiger partial charge is 0.497 e. The number of amides is 1. The third-order valence-corrected chi connectivity index (χ3v) is 4.60. The summed E-state index contributed by atoms with van der Waals surface area (Å²) in [6.45, 7) is 2.50. The molecule has 1 unspecified atom stereocenters. The predicted molar refractivity (Wildman–Crippen MR) is 105 cm³/mol. The van der Waals surface area contributed by atoms with Gasteiger partial charge in [-0.3, -0.25) is 9.69 Å². The predicted octanol–water partition coefficient (Wildman–Crippen LogP) is 2.42. The number of nitrogens with one attached hydrogen (secondary N) is 1. The molecule has 0 radical (unpaired) electrons. The molecular formula is C21H25N3O3. The smallest absolute Gasteiger partial charge is 0.271 e. The quantitative estimate of drug-likeness (QED) is 0.607. The summed E-state index contributed by atoms with van der Waals surface area (Å²) in [6, 6.07) is 14.9. The Morgan fingerprint density at radius 2 is 2.00 bits per heavy atom. The lowest BCUT2D eigenvalue weighted by atomic mass is 10.1. The Labute approximate surface area is 159 Å². The van der Waals surface area contributed by atoms with Gasteiger partial charge in [-0.2, -0.15) is 5.10 Å². The molecule has 1 atom stereocenters. The number of carbonyl (C=O) groups excluding carboxylic acids is 1. The highest BCUT2D eigenvalue weighted by Crippen LogP contribution is 2.14. The van der Waals surface area contributed by atoms with E-state index in [2.05, 4.69) is 15.4 Å². The third kappa shape index (κ3) is 5.64. The molecule has 1 heterocycles. The number of piperidine rings is 1. The maximum Gasteiger partial charge on any atom is 0.271 e. The van der Waals surface area contributed by atoms with E-state index in [1.165, 1.54) is 0 Å². The van der Waals surface area contributed by atoms with Crippen molar-refractivity contribution in [3.63, 3.8) is 0 Å². The average molecular weight is 367 g/mol. The number of β-amino-alcohol motifs (C(OH)–C–C–N with tert-alkyl or cyclic N) is 1. The fraction of sp³-hybridized carbons (Fsp3) is 0.333. The van der Waals surface area contributed by atoms with Crippen molar-refractivity contribution in [3.8, 4) is 5.75 Å². The highest BCUT2D eigenvalue weighted by atomic mass is 16.5. The minimum absolute atomic E-state index is 0.229. The minimum Gasteiger partial charge on any atom is -0.497 e. The second kappa shape index (κ2) is 9.30. The first-order valence-corrected chi connectivity index (χ1v) is 9.11. The van der Waals surface area contributed by atoms with Crippen LogP contribution >= 0.6 is 0 Å². The van der Waals surface area contributed by atoms with Crippen molar-refractivity contribution in [2.45, 2.75) is 25.5 Å². The van der Waals surface area contributed by atoms with E-state index in [4.69, 9.17) is 4.74 Å². The van der Waals surface area contributed by atoms with Gasteiger partial charge in [0.15, 0.2) is 0 Å². The zero-order chi connectivity index (χ0) is 19.1. The van der Waals surface area contributed by atoms with Crippen LogP contribution in [0.1, 0.15) is 34.3 Å². The third-order valence-electron chi connectivity index (χ3n) is 4.60. The van der Waals surface area contributed by atoms with Gasteiger partial charge in [0.05, 0.1) is 19.4 Å². The molecule has 2 N–H and O–H groups in total. The van der Waals surface area contributed by atoms with Crippen molar-refractivity contribution in [1.29, 1.82) is 0 Å². The second-order valence-corrected chi connectivity index (χ2v) is 6.70. The number of hydrazone groups is 1. The summed E-state index contributed by atoms with van der Waals surface area (Å²) in [4.78, 5) is 14.4. The molecule has 2 aromatic rings. The Morgan fingerprint density at radius 3 is 2.67 bits per heavy atom. The fourth-order valence-corrected chi connectivity index (χ4v) is 3.11. The summed E-state index contributed by atoms with van der Waals surface area (Å²) in [5, 5.41) is 13.7. The van der Waals surface area contributed by atoms with Gasteiger partial charge in [0.25, 0.3) is 5.91 Å². The van der Waals surface area contributed by atoms with Crippen molar-refractivity contribution >= 4 is 12.1 Å². The number of carbonyl (C=O) groups is 1. The maximum atomic E-state index is 12.2. The molecule has 1 aliphatic heterocycles. The summed E-state index contributed by atoms with van der Waals surface area (Å²) in [5.74, 6) is 0.523. The molecule has 0 spiro atoms.